The van der Waals surface area contributed by atoms with Gasteiger partial charge >= 0.3 is 5.97 Å². The summed E-state index contributed by atoms with van der Waals surface area (Å²) >= 11 is 5.96. The quantitative estimate of drug-likeness (QED) is 0.140. The lowest BCUT2D eigenvalue weighted by molar-refractivity contribution is -0.154. The Kier molecular flexibility index (Phi) is 7.17. The van der Waals surface area contributed by atoms with Crippen LogP contribution in [0.25, 0.3) is 0 Å². The number of benzene rings is 2. The van der Waals surface area contributed by atoms with E-state index in [-0.39, 0.29) is 28.6 Å². The van der Waals surface area contributed by atoms with Crippen LogP contribution >= 0.6 is 11.6 Å². The molecular formula is C29H23ClN2O7. The van der Waals surface area contributed by atoms with Crippen LogP contribution < -0.4 is 4.74 Å². The molecule has 2 heterocycles. The molecule has 1 aromatic heterocycles. The number of furan rings is 1. The van der Waals surface area contributed by atoms with Gasteiger partial charge in [0.25, 0.3) is 17.7 Å². The molecule has 39 heavy (non-hydrogen) atoms. The number of imide groups is 1. The molecule has 2 aromatic carbocycles. The molecule has 3 aromatic rings. The molecule has 1 aliphatic heterocycles. The van der Waals surface area contributed by atoms with Crippen LogP contribution in [0.5, 0.6) is 5.75 Å². The summed E-state index contributed by atoms with van der Waals surface area (Å²) in [5.74, 6) is -4.15. The summed E-state index contributed by atoms with van der Waals surface area (Å²) in [7, 11) is 0. The van der Waals surface area contributed by atoms with E-state index in [4.69, 9.17) is 20.8 Å². The molecule has 10 heteroatoms. The van der Waals surface area contributed by atoms with Crippen molar-refractivity contribution in [2.24, 2.45) is 17.8 Å². The first-order chi connectivity index (χ1) is 18.7. The number of carbonyl (C=O) groups excluding carboxylic acids is 5. The minimum absolute atomic E-state index is 0.0246. The first kappa shape index (κ1) is 26.1. The Balaban J connectivity index is 1.39. The van der Waals surface area contributed by atoms with Gasteiger partial charge in [-0.3, -0.25) is 19.2 Å². The fraction of sp³-hybridized carbons (Fsp3) is 0.207. The van der Waals surface area contributed by atoms with Gasteiger partial charge in [0.15, 0.2) is 5.78 Å². The first-order valence-electron chi connectivity index (χ1n) is 12.3. The third kappa shape index (κ3) is 5.13. The second-order valence-electron chi connectivity index (χ2n) is 9.33. The normalized spacial score (nSPS) is 20.1. The number of nitrogens with zero attached hydrogens (tertiary/aromatic N) is 2. The zero-order chi connectivity index (χ0) is 27.7. The zero-order valence-electron chi connectivity index (χ0n) is 20.8. The van der Waals surface area contributed by atoms with Crippen LogP contribution in [0.4, 0.5) is 0 Å². The number of esters is 1. The Bertz CT molecular complexity index is 1460. The maximum atomic E-state index is 13.6. The van der Waals surface area contributed by atoms with Crippen LogP contribution in [-0.4, -0.2) is 46.0 Å². The standard InChI is InChI=1S/C29H23ClN2O7/c1-17-4-2-5-22-25(17)28(36)32(27(22)35)31(26(34)19-7-11-20(30)12-8-19)16-23(33)18-9-13-21(14-10-18)39-29(37)24-6-3-15-38-24/h2-4,6-15,17,22,25H,5,16H2,1H3/t17-,22-,25+/m1/s1. The highest BCUT2D eigenvalue weighted by Gasteiger charge is 2.53. The molecule has 3 atom stereocenters. The van der Waals surface area contributed by atoms with Gasteiger partial charge in [-0.05, 0) is 73.0 Å². The van der Waals surface area contributed by atoms with Gasteiger partial charge in [-0.15, -0.1) is 0 Å². The number of ether oxygens (including phenoxy) is 1. The smallest absolute Gasteiger partial charge is 0.379 e. The molecule has 0 spiro atoms. The molecule has 2 aliphatic rings. The fourth-order valence-corrected chi connectivity index (χ4v) is 4.96. The molecule has 5 rings (SSSR count). The molecule has 0 N–H and O–H groups in total. The number of allylic oxidation sites excluding steroid dienone is 2. The van der Waals surface area contributed by atoms with Crippen molar-refractivity contribution >= 4 is 41.1 Å². The molecule has 0 bridgehead atoms. The number of amides is 3. The average molecular weight is 547 g/mol. The minimum Gasteiger partial charge on any atom is -0.457 e. The van der Waals surface area contributed by atoms with Crippen LogP contribution in [-0.2, 0) is 9.59 Å². The number of hydrogen-bond acceptors (Lipinski definition) is 7. The summed E-state index contributed by atoms with van der Waals surface area (Å²) in [6.45, 7) is 1.28. The Morgan fingerprint density at radius 3 is 2.33 bits per heavy atom. The number of halogens is 1. The molecule has 1 fully saturated rings. The van der Waals surface area contributed by atoms with Crippen LogP contribution in [0.3, 0.4) is 0 Å². The average Bonchev–Trinajstić information content (AvgIpc) is 3.56. The monoisotopic (exact) mass is 546 g/mol. The molecule has 0 unspecified atom stereocenters. The molecular weight excluding hydrogens is 524 g/mol. The molecule has 1 aliphatic carbocycles. The third-order valence-electron chi connectivity index (χ3n) is 6.82. The second kappa shape index (κ2) is 10.7. The molecule has 1 saturated heterocycles. The Morgan fingerprint density at radius 1 is 1.00 bits per heavy atom. The summed E-state index contributed by atoms with van der Waals surface area (Å²) in [5.41, 5.74) is 0.349. The van der Waals surface area contributed by atoms with E-state index in [2.05, 4.69) is 0 Å². The lowest BCUT2D eigenvalue weighted by Crippen LogP contribution is -2.52. The highest BCUT2D eigenvalue weighted by Crippen LogP contribution is 2.39. The molecule has 0 radical (unpaired) electrons. The number of ketones is 1. The van der Waals surface area contributed by atoms with Crippen molar-refractivity contribution in [3.8, 4) is 5.75 Å². The van der Waals surface area contributed by atoms with E-state index in [1.165, 1.54) is 60.9 Å². The Morgan fingerprint density at radius 2 is 1.69 bits per heavy atom. The van der Waals surface area contributed by atoms with E-state index >= 15 is 0 Å². The van der Waals surface area contributed by atoms with Crippen molar-refractivity contribution in [1.82, 2.24) is 10.0 Å². The van der Waals surface area contributed by atoms with Crippen LogP contribution in [0.1, 0.15) is 44.6 Å². The number of carbonyl (C=O) groups is 5. The minimum atomic E-state index is -0.699. The maximum Gasteiger partial charge on any atom is 0.379 e. The Hall–Kier alpha value is -4.50. The third-order valence-corrected chi connectivity index (χ3v) is 7.07. The van der Waals surface area contributed by atoms with Crippen molar-refractivity contribution in [1.29, 1.82) is 0 Å². The van der Waals surface area contributed by atoms with Gasteiger partial charge in [-0.25, -0.2) is 9.80 Å². The highest BCUT2D eigenvalue weighted by atomic mass is 35.5. The van der Waals surface area contributed by atoms with E-state index in [0.717, 1.165) is 10.0 Å². The summed E-state index contributed by atoms with van der Waals surface area (Å²) in [5, 5.41) is 2.14. The fourth-order valence-electron chi connectivity index (χ4n) is 4.83. The summed E-state index contributed by atoms with van der Waals surface area (Å²) in [4.78, 5) is 65.8. The van der Waals surface area contributed by atoms with Crippen LogP contribution in [0.15, 0.2) is 83.5 Å². The van der Waals surface area contributed by atoms with Gasteiger partial charge in [0.2, 0.25) is 5.76 Å². The van der Waals surface area contributed by atoms with Crippen LogP contribution in [0, 0.1) is 17.8 Å². The van der Waals surface area contributed by atoms with Gasteiger partial charge < -0.3 is 9.15 Å². The van der Waals surface area contributed by atoms with Gasteiger partial charge in [-0.1, -0.05) is 30.7 Å². The summed E-state index contributed by atoms with van der Waals surface area (Å²) in [6, 6.07) is 14.7. The molecule has 3 amide bonds. The van der Waals surface area contributed by atoms with E-state index in [9.17, 15) is 24.0 Å². The molecule has 198 valence electrons. The first-order valence-corrected chi connectivity index (χ1v) is 12.6. The van der Waals surface area contributed by atoms with E-state index in [0.29, 0.717) is 11.4 Å². The molecule has 9 nitrogen and oxygen atoms in total. The van der Waals surface area contributed by atoms with Gasteiger partial charge in [0.1, 0.15) is 12.3 Å². The predicted molar refractivity (Wildman–Crippen MR) is 139 cm³/mol. The largest absolute Gasteiger partial charge is 0.457 e. The zero-order valence-corrected chi connectivity index (χ0v) is 21.5. The van der Waals surface area contributed by atoms with Gasteiger partial charge in [0.05, 0.1) is 18.1 Å². The van der Waals surface area contributed by atoms with Crippen molar-refractivity contribution in [2.75, 3.05) is 6.54 Å². The highest BCUT2D eigenvalue weighted by molar-refractivity contribution is 6.30. The maximum absolute atomic E-state index is 13.6. The van der Waals surface area contributed by atoms with Crippen molar-refractivity contribution < 1.29 is 33.1 Å². The van der Waals surface area contributed by atoms with Gasteiger partial charge in [0, 0.05) is 16.1 Å². The van der Waals surface area contributed by atoms with Crippen molar-refractivity contribution in [3.63, 3.8) is 0 Å². The van der Waals surface area contributed by atoms with Crippen molar-refractivity contribution in [3.05, 3.63) is 101 Å². The molecule has 0 saturated carbocycles. The van der Waals surface area contributed by atoms with Crippen molar-refractivity contribution in [2.45, 2.75) is 13.3 Å². The van der Waals surface area contributed by atoms with E-state index in [1.54, 1.807) is 6.07 Å². The number of rotatable bonds is 7. The number of fused-ring (bicyclic) bond motifs is 1. The summed E-state index contributed by atoms with van der Waals surface area (Å²) < 4.78 is 10.2. The lowest BCUT2D eigenvalue weighted by atomic mass is 9.78. The van der Waals surface area contributed by atoms with E-state index in [1.807, 2.05) is 19.1 Å². The second-order valence-corrected chi connectivity index (χ2v) is 9.76. The SMILES string of the molecule is C[C@@H]1C=CC[C@H]2C(=O)N(N(CC(=O)c3ccc(OC(=O)c4ccco4)cc3)C(=O)c3ccc(Cl)cc3)C(=O)[C@@H]12. The topological polar surface area (TPSA) is 114 Å². The lowest BCUT2D eigenvalue weighted by Gasteiger charge is -2.30. The van der Waals surface area contributed by atoms with E-state index < -0.39 is 47.9 Å². The predicted octanol–water partition coefficient (Wildman–Crippen LogP) is 4.59. The number of hydrogen-bond donors (Lipinski definition) is 0. The van der Waals surface area contributed by atoms with Gasteiger partial charge in [-0.2, -0.15) is 5.01 Å². The number of Topliss-reactive ketones (excluding diaryl/α,β-unsaturated/α-hetero) is 1. The summed E-state index contributed by atoms with van der Waals surface area (Å²) in [6.07, 6.45) is 5.46. The Labute approximate surface area is 228 Å². The number of hydrazine groups is 1. The van der Waals surface area contributed by atoms with Crippen LogP contribution in [0.2, 0.25) is 5.02 Å².